The number of piperidine rings is 1. The Hall–Kier alpha value is -1.33. The molecule has 1 saturated heterocycles. The van der Waals surface area contributed by atoms with Gasteiger partial charge in [-0.05, 0) is 44.0 Å². The number of benzene rings is 1. The maximum absolute atomic E-state index is 12.4. The van der Waals surface area contributed by atoms with E-state index in [0.29, 0.717) is 30.3 Å². The third-order valence-corrected chi connectivity index (χ3v) is 5.11. The standard InChI is InChI=1S/C14H19NO3S/c1-3-18-13-4-6-14(7-5-13)19(16,17)15-10-8-12(2)9-11-15/h4-7H,2-3,8-11H2,1H3. The van der Waals surface area contributed by atoms with E-state index in [0.717, 1.165) is 18.4 Å². The quantitative estimate of drug-likeness (QED) is 0.796. The van der Waals surface area contributed by atoms with Crippen molar-refractivity contribution in [2.45, 2.75) is 24.7 Å². The summed E-state index contributed by atoms with van der Waals surface area (Å²) in [6.45, 7) is 7.41. The summed E-state index contributed by atoms with van der Waals surface area (Å²) in [6, 6.07) is 6.59. The topological polar surface area (TPSA) is 46.6 Å². The van der Waals surface area contributed by atoms with Crippen molar-refractivity contribution < 1.29 is 13.2 Å². The van der Waals surface area contributed by atoms with Crippen LogP contribution in [0.25, 0.3) is 0 Å². The van der Waals surface area contributed by atoms with Crippen molar-refractivity contribution in [3.63, 3.8) is 0 Å². The zero-order chi connectivity index (χ0) is 13.9. The first-order chi connectivity index (χ1) is 9.04. The predicted molar refractivity (Wildman–Crippen MR) is 74.7 cm³/mol. The van der Waals surface area contributed by atoms with Gasteiger partial charge in [-0.15, -0.1) is 0 Å². The minimum atomic E-state index is -3.38. The van der Waals surface area contributed by atoms with Gasteiger partial charge in [-0.3, -0.25) is 0 Å². The Morgan fingerprint density at radius 3 is 2.32 bits per heavy atom. The van der Waals surface area contributed by atoms with E-state index in [1.165, 1.54) is 4.31 Å². The van der Waals surface area contributed by atoms with E-state index < -0.39 is 10.0 Å². The first-order valence-corrected chi connectivity index (χ1v) is 7.87. The van der Waals surface area contributed by atoms with E-state index in [1.807, 2.05) is 6.92 Å². The predicted octanol–water partition coefficient (Wildman–Crippen LogP) is 2.43. The minimum Gasteiger partial charge on any atom is -0.494 e. The molecule has 0 N–H and O–H groups in total. The molecule has 0 bridgehead atoms. The number of nitrogens with zero attached hydrogens (tertiary/aromatic N) is 1. The molecule has 0 unspecified atom stereocenters. The fraction of sp³-hybridized carbons (Fsp3) is 0.429. The Morgan fingerprint density at radius 2 is 1.79 bits per heavy atom. The molecule has 1 fully saturated rings. The summed E-state index contributed by atoms with van der Waals surface area (Å²) in [5.74, 6) is 0.688. The normalized spacial score (nSPS) is 17.4. The highest BCUT2D eigenvalue weighted by atomic mass is 32.2. The summed E-state index contributed by atoms with van der Waals surface area (Å²) < 4.78 is 31.7. The molecule has 5 heteroatoms. The number of ether oxygens (including phenoxy) is 1. The molecule has 1 aliphatic rings. The van der Waals surface area contributed by atoms with Crippen LogP contribution in [0.15, 0.2) is 41.3 Å². The van der Waals surface area contributed by atoms with Crippen molar-refractivity contribution in [2.75, 3.05) is 19.7 Å². The molecule has 1 aromatic carbocycles. The van der Waals surface area contributed by atoms with Crippen LogP contribution in [0.4, 0.5) is 0 Å². The molecule has 0 atom stereocenters. The number of hydrogen-bond acceptors (Lipinski definition) is 3. The third-order valence-electron chi connectivity index (χ3n) is 3.20. The second-order valence-electron chi connectivity index (χ2n) is 4.56. The second-order valence-corrected chi connectivity index (χ2v) is 6.50. The number of rotatable bonds is 4. The van der Waals surface area contributed by atoms with Crippen molar-refractivity contribution in [1.82, 2.24) is 4.31 Å². The van der Waals surface area contributed by atoms with E-state index >= 15 is 0 Å². The van der Waals surface area contributed by atoms with E-state index in [1.54, 1.807) is 24.3 Å². The van der Waals surface area contributed by atoms with Crippen LogP contribution >= 0.6 is 0 Å². The zero-order valence-electron chi connectivity index (χ0n) is 11.1. The van der Waals surface area contributed by atoms with E-state index in [2.05, 4.69) is 6.58 Å². The average Bonchev–Trinajstić information content (AvgIpc) is 2.40. The molecule has 0 aromatic heterocycles. The molecular weight excluding hydrogens is 262 g/mol. The highest BCUT2D eigenvalue weighted by Gasteiger charge is 2.26. The Balaban J connectivity index is 2.17. The Kier molecular flexibility index (Phi) is 4.27. The summed E-state index contributed by atoms with van der Waals surface area (Å²) in [7, 11) is -3.38. The van der Waals surface area contributed by atoms with Crippen LogP contribution in [0.1, 0.15) is 19.8 Å². The van der Waals surface area contributed by atoms with Crippen molar-refractivity contribution >= 4 is 10.0 Å². The highest BCUT2D eigenvalue weighted by Crippen LogP contribution is 2.23. The van der Waals surface area contributed by atoms with Crippen molar-refractivity contribution in [2.24, 2.45) is 0 Å². The molecule has 0 saturated carbocycles. The van der Waals surface area contributed by atoms with Crippen LogP contribution in [0, 0.1) is 0 Å². The monoisotopic (exact) mass is 281 g/mol. The van der Waals surface area contributed by atoms with Crippen LogP contribution in [0.3, 0.4) is 0 Å². The Bertz CT molecular complexity index is 539. The van der Waals surface area contributed by atoms with E-state index in [4.69, 9.17) is 4.74 Å². The van der Waals surface area contributed by atoms with Gasteiger partial charge in [-0.1, -0.05) is 12.2 Å². The molecule has 104 valence electrons. The SMILES string of the molecule is C=C1CCN(S(=O)(=O)c2ccc(OCC)cc2)CC1. The van der Waals surface area contributed by atoms with Gasteiger partial charge in [0.05, 0.1) is 11.5 Å². The zero-order valence-corrected chi connectivity index (χ0v) is 11.9. The first-order valence-electron chi connectivity index (χ1n) is 6.43. The smallest absolute Gasteiger partial charge is 0.243 e. The van der Waals surface area contributed by atoms with Gasteiger partial charge in [0.15, 0.2) is 0 Å². The van der Waals surface area contributed by atoms with Crippen LogP contribution in [0.2, 0.25) is 0 Å². The van der Waals surface area contributed by atoms with E-state index in [-0.39, 0.29) is 0 Å². The maximum Gasteiger partial charge on any atom is 0.243 e. The highest BCUT2D eigenvalue weighted by molar-refractivity contribution is 7.89. The molecule has 1 aromatic rings. The lowest BCUT2D eigenvalue weighted by Crippen LogP contribution is -2.36. The second kappa shape index (κ2) is 5.75. The van der Waals surface area contributed by atoms with E-state index in [9.17, 15) is 8.42 Å². The molecule has 0 spiro atoms. The maximum atomic E-state index is 12.4. The van der Waals surface area contributed by atoms with Gasteiger partial charge in [0.25, 0.3) is 0 Å². The van der Waals surface area contributed by atoms with Crippen LogP contribution in [0.5, 0.6) is 5.75 Å². The van der Waals surface area contributed by atoms with Gasteiger partial charge >= 0.3 is 0 Å². The minimum absolute atomic E-state index is 0.323. The lowest BCUT2D eigenvalue weighted by molar-refractivity contribution is 0.340. The molecule has 0 aliphatic carbocycles. The molecule has 4 nitrogen and oxygen atoms in total. The van der Waals surface area contributed by atoms with Gasteiger partial charge in [0, 0.05) is 13.1 Å². The van der Waals surface area contributed by atoms with Crippen molar-refractivity contribution in [3.8, 4) is 5.75 Å². The Morgan fingerprint density at radius 1 is 1.21 bits per heavy atom. The fourth-order valence-corrected chi connectivity index (χ4v) is 3.51. The van der Waals surface area contributed by atoms with Crippen molar-refractivity contribution in [1.29, 1.82) is 0 Å². The molecular formula is C14H19NO3S. The van der Waals surface area contributed by atoms with Gasteiger partial charge in [0.1, 0.15) is 5.75 Å². The third kappa shape index (κ3) is 3.16. The Labute approximate surface area is 114 Å². The molecule has 1 heterocycles. The molecule has 2 rings (SSSR count). The molecule has 19 heavy (non-hydrogen) atoms. The van der Waals surface area contributed by atoms with Crippen LogP contribution < -0.4 is 4.74 Å². The van der Waals surface area contributed by atoms with Gasteiger partial charge < -0.3 is 4.74 Å². The van der Waals surface area contributed by atoms with Crippen LogP contribution in [-0.4, -0.2) is 32.4 Å². The van der Waals surface area contributed by atoms with Gasteiger partial charge in [-0.25, -0.2) is 8.42 Å². The molecule has 1 aliphatic heterocycles. The molecule has 0 radical (unpaired) electrons. The number of sulfonamides is 1. The lowest BCUT2D eigenvalue weighted by atomic mass is 10.1. The summed E-state index contributed by atoms with van der Waals surface area (Å²) in [4.78, 5) is 0.323. The molecule has 0 amide bonds. The van der Waals surface area contributed by atoms with Crippen LogP contribution in [-0.2, 0) is 10.0 Å². The summed E-state index contributed by atoms with van der Waals surface area (Å²) in [5.41, 5.74) is 1.12. The van der Waals surface area contributed by atoms with Crippen molar-refractivity contribution in [3.05, 3.63) is 36.4 Å². The lowest BCUT2D eigenvalue weighted by Gasteiger charge is -2.27. The largest absolute Gasteiger partial charge is 0.494 e. The summed E-state index contributed by atoms with van der Waals surface area (Å²) in [5, 5.41) is 0. The first kappa shape index (κ1) is 14.1. The fourth-order valence-electron chi connectivity index (χ4n) is 2.07. The van der Waals surface area contributed by atoms with Gasteiger partial charge in [0.2, 0.25) is 10.0 Å². The average molecular weight is 281 g/mol. The summed E-state index contributed by atoms with van der Waals surface area (Å²) in [6.07, 6.45) is 1.49. The number of hydrogen-bond donors (Lipinski definition) is 0. The van der Waals surface area contributed by atoms with Gasteiger partial charge in [-0.2, -0.15) is 4.31 Å². The summed E-state index contributed by atoms with van der Waals surface area (Å²) >= 11 is 0.